The van der Waals surface area contributed by atoms with E-state index < -0.39 is 0 Å². The van der Waals surface area contributed by atoms with Gasteiger partial charge in [0, 0.05) is 24.8 Å². The van der Waals surface area contributed by atoms with Crippen LogP contribution in [0.1, 0.15) is 37.4 Å². The summed E-state index contributed by atoms with van der Waals surface area (Å²) in [5, 5.41) is 3.23. The number of hydrogen-bond donors (Lipinski definition) is 1. The van der Waals surface area contributed by atoms with Gasteiger partial charge in [0.2, 0.25) is 0 Å². The van der Waals surface area contributed by atoms with Crippen LogP contribution in [0.15, 0.2) is 24.8 Å². The van der Waals surface area contributed by atoms with Gasteiger partial charge >= 0.3 is 0 Å². The summed E-state index contributed by atoms with van der Waals surface area (Å²) in [4.78, 5) is 7.23. The van der Waals surface area contributed by atoms with Crippen molar-refractivity contribution >= 4 is 5.82 Å². The SMILES string of the molecule is C=CCN(c1cc(CNC)cc(CCC)n1)C1CC1. The second-order valence-electron chi connectivity index (χ2n) is 5.28. The number of aromatic nitrogens is 1. The Bertz CT molecular complexity index is 400. The molecule has 1 aromatic heterocycles. The molecule has 104 valence electrons. The molecule has 0 amide bonds. The molecule has 0 unspecified atom stereocenters. The van der Waals surface area contributed by atoms with Crippen LogP contribution in [0.3, 0.4) is 0 Å². The number of hydrogen-bond acceptors (Lipinski definition) is 3. The van der Waals surface area contributed by atoms with Crippen LogP contribution in [0.2, 0.25) is 0 Å². The molecule has 19 heavy (non-hydrogen) atoms. The molecule has 0 radical (unpaired) electrons. The summed E-state index contributed by atoms with van der Waals surface area (Å²) in [6.07, 6.45) is 6.74. The van der Waals surface area contributed by atoms with E-state index in [0.29, 0.717) is 6.04 Å². The molecule has 0 aromatic carbocycles. The highest BCUT2D eigenvalue weighted by Crippen LogP contribution is 2.31. The second-order valence-corrected chi connectivity index (χ2v) is 5.28. The van der Waals surface area contributed by atoms with Gasteiger partial charge in [-0.25, -0.2) is 4.98 Å². The minimum absolute atomic E-state index is 0.671. The van der Waals surface area contributed by atoms with E-state index in [9.17, 15) is 0 Å². The van der Waals surface area contributed by atoms with Crippen molar-refractivity contribution in [1.29, 1.82) is 0 Å². The largest absolute Gasteiger partial charge is 0.350 e. The monoisotopic (exact) mass is 259 g/mol. The van der Waals surface area contributed by atoms with Crippen molar-refractivity contribution in [2.75, 3.05) is 18.5 Å². The molecular formula is C16H25N3. The Labute approximate surface area is 116 Å². The first-order valence-electron chi connectivity index (χ1n) is 7.30. The predicted molar refractivity (Wildman–Crippen MR) is 81.6 cm³/mol. The van der Waals surface area contributed by atoms with Crippen LogP contribution < -0.4 is 10.2 Å². The van der Waals surface area contributed by atoms with Crippen LogP contribution in [-0.2, 0) is 13.0 Å². The van der Waals surface area contributed by atoms with Gasteiger partial charge in [-0.3, -0.25) is 0 Å². The molecule has 1 aliphatic rings. The summed E-state index contributed by atoms with van der Waals surface area (Å²) in [6, 6.07) is 5.12. The third kappa shape index (κ3) is 3.80. The summed E-state index contributed by atoms with van der Waals surface area (Å²) < 4.78 is 0. The van der Waals surface area contributed by atoms with Gasteiger partial charge in [-0.1, -0.05) is 19.4 Å². The van der Waals surface area contributed by atoms with Gasteiger partial charge in [0.05, 0.1) is 0 Å². The fraction of sp³-hybridized carbons (Fsp3) is 0.562. The lowest BCUT2D eigenvalue weighted by molar-refractivity contribution is 0.787. The average molecular weight is 259 g/mol. The molecular weight excluding hydrogens is 234 g/mol. The number of aryl methyl sites for hydroxylation is 1. The second kappa shape index (κ2) is 6.71. The Balaban J connectivity index is 2.27. The zero-order valence-corrected chi connectivity index (χ0v) is 12.2. The molecule has 1 saturated carbocycles. The Morgan fingerprint density at radius 3 is 2.84 bits per heavy atom. The molecule has 0 spiro atoms. The van der Waals surface area contributed by atoms with Gasteiger partial charge in [0.1, 0.15) is 5.82 Å². The van der Waals surface area contributed by atoms with Crippen molar-refractivity contribution < 1.29 is 0 Å². The smallest absolute Gasteiger partial charge is 0.129 e. The molecule has 2 rings (SSSR count). The van der Waals surface area contributed by atoms with E-state index in [4.69, 9.17) is 4.98 Å². The molecule has 1 aromatic rings. The first-order chi connectivity index (χ1) is 9.28. The minimum atomic E-state index is 0.671. The highest BCUT2D eigenvalue weighted by molar-refractivity contribution is 5.46. The summed E-state index contributed by atoms with van der Waals surface area (Å²) in [7, 11) is 1.99. The zero-order chi connectivity index (χ0) is 13.7. The maximum absolute atomic E-state index is 4.84. The third-order valence-electron chi connectivity index (χ3n) is 3.42. The lowest BCUT2D eigenvalue weighted by atomic mass is 10.1. The number of pyridine rings is 1. The average Bonchev–Trinajstić information content (AvgIpc) is 3.21. The van der Waals surface area contributed by atoms with Crippen LogP contribution in [-0.4, -0.2) is 24.6 Å². The molecule has 1 N–H and O–H groups in total. The highest BCUT2D eigenvalue weighted by atomic mass is 15.2. The Hall–Kier alpha value is -1.35. The first kappa shape index (κ1) is 14.1. The molecule has 1 fully saturated rings. The van der Waals surface area contributed by atoms with E-state index in [1.165, 1.54) is 24.1 Å². The molecule has 1 heterocycles. The van der Waals surface area contributed by atoms with Crippen molar-refractivity contribution in [3.8, 4) is 0 Å². The van der Waals surface area contributed by atoms with Gasteiger partial charge in [0.15, 0.2) is 0 Å². The number of rotatable bonds is 8. The van der Waals surface area contributed by atoms with Crippen molar-refractivity contribution in [1.82, 2.24) is 10.3 Å². The lowest BCUT2D eigenvalue weighted by Crippen LogP contribution is -2.27. The predicted octanol–water partition coefficient (Wildman–Crippen LogP) is 2.91. The van der Waals surface area contributed by atoms with E-state index in [2.05, 4.69) is 35.9 Å². The van der Waals surface area contributed by atoms with Crippen molar-refractivity contribution in [2.24, 2.45) is 0 Å². The standard InChI is InChI=1S/C16H25N3/c1-4-6-14-10-13(12-17-3)11-16(18-14)19(9-5-2)15-7-8-15/h5,10-11,15,17H,2,4,6-9,12H2,1,3H3. The Morgan fingerprint density at radius 1 is 1.47 bits per heavy atom. The zero-order valence-electron chi connectivity index (χ0n) is 12.2. The summed E-state index contributed by atoms with van der Waals surface area (Å²) in [5.41, 5.74) is 2.53. The number of anilines is 1. The van der Waals surface area contributed by atoms with Crippen LogP contribution >= 0.6 is 0 Å². The molecule has 0 atom stereocenters. The first-order valence-corrected chi connectivity index (χ1v) is 7.30. The topological polar surface area (TPSA) is 28.2 Å². The number of nitrogens with one attached hydrogen (secondary N) is 1. The van der Waals surface area contributed by atoms with Gasteiger partial charge < -0.3 is 10.2 Å². The molecule has 1 aliphatic carbocycles. The van der Waals surface area contributed by atoms with Crippen LogP contribution in [0.5, 0.6) is 0 Å². The fourth-order valence-electron chi connectivity index (χ4n) is 2.43. The quantitative estimate of drug-likeness (QED) is 0.728. The molecule has 3 nitrogen and oxygen atoms in total. The fourth-order valence-corrected chi connectivity index (χ4v) is 2.43. The van der Waals surface area contributed by atoms with E-state index in [1.54, 1.807) is 0 Å². The van der Waals surface area contributed by atoms with E-state index in [0.717, 1.165) is 31.7 Å². The van der Waals surface area contributed by atoms with Crippen LogP contribution in [0.4, 0.5) is 5.82 Å². The van der Waals surface area contributed by atoms with Crippen molar-refractivity contribution in [3.63, 3.8) is 0 Å². The summed E-state index contributed by atoms with van der Waals surface area (Å²) >= 11 is 0. The third-order valence-corrected chi connectivity index (χ3v) is 3.42. The summed E-state index contributed by atoms with van der Waals surface area (Å²) in [5.74, 6) is 1.12. The van der Waals surface area contributed by atoms with E-state index in [-0.39, 0.29) is 0 Å². The van der Waals surface area contributed by atoms with Gasteiger partial charge in [-0.2, -0.15) is 0 Å². The van der Waals surface area contributed by atoms with Crippen LogP contribution in [0.25, 0.3) is 0 Å². The molecule has 3 heteroatoms. The maximum Gasteiger partial charge on any atom is 0.129 e. The van der Waals surface area contributed by atoms with E-state index in [1.807, 2.05) is 13.1 Å². The lowest BCUT2D eigenvalue weighted by Gasteiger charge is -2.23. The highest BCUT2D eigenvalue weighted by Gasteiger charge is 2.29. The van der Waals surface area contributed by atoms with Crippen LogP contribution in [0, 0.1) is 0 Å². The van der Waals surface area contributed by atoms with Gasteiger partial charge in [-0.15, -0.1) is 6.58 Å². The van der Waals surface area contributed by atoms with E-state index >= 15 is 0 Å². The van der Waals surface area contributed by atoms with Crippen molar-refractivity contribution in [2.45, 2.75) is 45.2 Å². The summed E-state index contributed by atoms with van der Waals surface area (Å²) in [6.45, 7) is 7.87. The Kier molecular flexibility index (Phi) is 4.97. The Morgan fingerprint density at radius 2 is 2.26 bits per heavy atom. The normalized spacial score (nSPS) is 14.4. The minimum Gasteiger partial charge on any atom is -0.350 e. The van der Waals surface area contributed by atoms with Crippen molar-refractivity contribution in [3.05, 3.63) is 36.0 Å². The maximum atomic E-state index is 4.84. The van der Waals surface area contributed by atoms with Gasteiger partial charge in [-0.05, 0) is 44.0 Å². The molecule has 0 bridgehead atoms. The molecule has 0 aliphatic heterocycles. The number of nitrogens with zero attached hydrogens (tertiary/aromatic N) is 2. The molecule has 0 saturated heterocycles. The van der Waals surface area contributed by atoms with Gasteiger partial charge in [0.25, 0.3) is 0 Å².